The molecule has 1 aromatic rings. The second-order valence-corrected chi connectivity index (χ2v) is 4.23. The van der Waals surface area contributed by atoms with Gasteiger partial charge < -0.3 is 10.6 Å². The van der Waals surface area contributed by atoms with Gasteiger partial charge in [-0.1, -0.05) is 13.8 Å². The summed E-state index contributed by atoms with van der Waals surface area (Å²) in [5.41, 5.74) is 8.01. The van der Waals surface area contributed by atoms with E-state index < -0.39 is 0 Å². The molecule has 0 saturated carbocycles. The zero-order valence-corrected chi connectivity index (χ0v) is 9.74. The summed E-state index contributed by atoms with van der Waals surface area (Å²) < 4.78 is 0. The SMILES string of the molecule is CC(C)c1cc(C(N)=O)cc(N(C)C)c1. The van der Waals surface area contributed by atoms with Gasteiger partial charge in [0, 0.05) is 25.3 Å². The van der Waals surface area contributed by atoms with E-state index in [4.69, 9.17) is 5.73 Å². The smallest absolute Gasteiger partial charge is 0.248 e. The van der Waals surface area contributed by atoms with Crippen LogP contribution in [-0.2, 0) is 0 Å². The van der Waals surface area contributed by atoms with Crippen molar-refractivity contribution < 1.29 is 4.79 Å². The summed E-state index contributed by atoms with van der Waals surface area (Å²) >= 11 is 0. The van der Waals surface area contributed by atoms with E-state index >= 15 is 0 Å². The first-order chi connectivity index (χ1) is 6.91. The Morgan fingerprint density at radius 1 is 1.27 bits per heavy atom. The molecule has 0 atom stereocenters. The summed E-state index contributed by atoms with van der Waals surface area (Å²) in [6.07, 6.45) is 0. The lowest BCUT2D eigenvalue weighted by atomic mass is 9.99. The molecule has 0 spiro atoms. The molecule has 0 aliphatic heterocycles. The van der Waals surface area contributed by atoms with E-state index in [0.717, 1.165) is 11.3 Å². The summed E-state index contributed by atoms with van der Waals surface area (Å²) in [5.74, 6) is 0.0172. The van der Waals surface area contributed by atoms with Gasteiger partial charge in [0.15, 0.2) is 0 Å². The first kappa shape index (κ1) is 11.6. The Morgan fingerprint density at radius 3 is 2.27 bits per heavy atom. The number of carbonyl (C=O) groups excluding carboxylic acids is 1. The predicted octanol–water partition coefficient (Wildman–Crippen LogP) is 1.97. The maximum atomic E-state index is 11.2. The standard InChI is InChI=1S/C12H18N2O/c1-8(2)9-5-10(12(13)15)7-11(6-9)14(3)4/h5-8H,1-4H3,(H2,13,15). The number of amides is 1. The number of anilines is 1. The monoisotopic (exact) mass is 206 g/mol. The fourth-order valence-corrected chi connectivity index (χ4v) is 1.37. The zero-order chi connectivity index (χ0) is 11.6. The van der Waals surface area contributed by atoms with Crippen molar-refractivity contribution in [3.63, 3.8) is 0 Å². The molecule has 0 bridgehead atoms. The molecule has 0 saturated heterocycles. The quantitative estimate of drug-likeness (QED) is 0.822. The van der Waals surface area contributed by atoms with E-state index in [9.17, 15) is 4.79 Å². The summed E-state index contributed by atoms with van der Waals surface area (Å²) in [6.45, 7) is 4.19. The van der Waals surface area contributed by atoms with Gasteiger partial charge in [0.05, 0.1) is 0 Å². The predicted molar refractivity (Wildman–Crippen MR) is 63.4 cm³/mol. The van der Waals surface area contributed by atoms with Gasteiger partial charge in [-0.25, -0.2) is 0 Å². The van der Waals surface area contributed by atoms with Crippen LogP contribution in [0.4, 0.5) is 5.69 Å². The molecule has 0 unspecified atom stereocenters. The van der Waals surface area contributed by atoms with Crippen molar-refractivity contribution in [2.24, 2.45) is 5.73 Å². The lowest BCUT2D eigenvalue weighted by Gasteiger charge is -2.16. The normalized spacial score (nSPS) is 10.5. The third-order valence-electron chi connectivity index (χ3n) is 2.41. The highest BCUT2D eigenvalue weighted by atomic mass is 16.1. The van der Waals surface area contributed by atoms with Gasteiger partial charge in [0.1, 0.15) is 0 Å². The third-order valence-corrected chi connectivity index (χ3v) is 2.41. The summed E-state index contributed by atoms with van der Waals surface area (Å²) in [5, 5.41) is 0. The molecule has 82 valence electrons. The van der Waals surface area contributed by atoms with Gasteiger partial charge >= 0.3 is 0 Å². The highest BCUT2D eigenvalue weighted by Gasteiger charge is 2.08. The minimum absolute atomic E-state index is 0.374. The molecule has 3 heteroatoms. The number of hydrogen-bond acceptors (Lipinski definition) is 2. The van der Waals surface area contributed by atoms with E-state index in [0.29, 0.717) is 11.5 Å². The Morgan fingerprint density at radius 2 is 1.87 bits per heavy atom. The third kappa shape index (κ3) is 2.72. The number of carbonyl (C=O) groups is 1. The zero-order valence-electron chi connectivity index (χ0n) is 9.74. The van der Waals surface area contributed by atoms with Crippen molar-refractivity contribution in [1.82, 2.24) is 0 Å². The molecule has 0 fully saturated rings. The Labute approximate surface area is 90.9 Å². The average Bonchev–Trinajstić information content (AvgIpc) is 2.16. The van der Waals surface area contributed by atoms with Crippen LogP contribution >= 0.6 is 0 Å². The van der Waals surface area contributed by atoms with Gasteiger partial charge in [-0.05, 0) is 29.7 Å². The molecule has 15 heavy (non-hydrogen) atoms. The lowest BCUT2D eigenvalue weighted by Crippen LogP contribution is -2.15. The first-order valence-electron chi connectivity index (χ1n) is 5.04. The first-order valence-corrected chi connectivity index (χ1v) is 5.04. The molecule has 0 heterocycles. The molecule has 0 aromatic heterocycles. The second kappa shape index (κ2) is 4.34. The van der Waals surface area contributed by atoms with Gasteiger partial charge in [0.2, 0.25) is 5.91 Å². The Bertz CT molecular complexity index is 344. The molecule has 2 N–H and O–H groups in total. The number of hydrogen-bond donors (Lipinski definition) is 1. The fourth-order valence-electron chi connectivity index (χ4n) is 1.37. The van der Waals surface area contributed by atoms with Crippen LogP contribution in [0.5, 0.6) is 0 Å². The van der Waals surface area contributed by atoms with Crippen molar-refractivity contribution in [2.45, 2.75) is 19.8 Å². The summed E-state index contributed by atoms with van der Waals surface area (Å²) in [4.78, 5) is 13.1. The Kier molecular flexibility index (Phi) is 3.35. The van der Waals surface area contributed by atoms with Crippen LogP contribution in [-0.4, -0.2) is 20.0 Å². The van der Waals surface area contributed by atoms with E-state index in [2.05, 4.69) is 19.9 Å². The number of primary amides is 1. The maximum Gasteiger partial charge on any atom is 0.248 e. The lowest BCUT2D eigenvalue weighted by molar-refractivity contribution is 0.1000. The van der Waals surface area contributed by atoms with E-state index in [-0.39, 0.29) is 5.91 Å². The van der Waals surface area contributed by atoms with Crippen molar-refractivity contribution in [1.29, 1.82) is 0 Å². The minimum atomic E-state index is -0.374. The number of nitrogens with two attached hydrogens (primary N) is 1. The summed E-state index contributed by atoms with van der Waals surface area (Å²) in [7, 11) is 3.90. The average molecular weight is 206 g/mol. The molecule has 0 aliphatic carbocycles. The Balaban J connectivity index is 3.26. The largest absolute Gasteiger partial charge is 0.378 e. The van der Waals surface area contributed by atoms with Crippen LogP contribution in [0.1, 0.15) is 35.7 Å². The van der Waals surface area contributed by atoms with Crippen molar-refractivity contribution in [3.8, 4) is 0 Å². The highest BCUT2D eigenvalue weighted by Crippen LogP contribution is 2.22. The number of nitrogens with zero attached hydrogens (tertiary/aromatic N) is 1. The second-order valence-electron chi connectivity index (χ2n) is 4.23. The molecule has 1 amide bonds. The Hall–Kier alpha value is -1.51. The van der Waals surface area contributed by atoms with E-state index in [1.54, 1.807) is 0 Å². The van der Waals surface area contributed by atoms with Gasteiger partial charge in [-0.2, -0.15) is 0 Å². The van der Waals surface area contributed by atoms with Gasteiger partial charge in [-0.3, -0.25) is 4.79 Å². The molecule has 0 aliphatic rings. The fraction of sp³-hybridized carbons (Fsp3) is 0.417. The van der Waals surface area contributed by atoms with Gasteiger partial charge in [-0.15, -0.1) is 0 Å². The maximum absolute atomic E-state index is 11.2. The number of benzene rings is 1. The molecule has 1 aromatic carbocycles. The van der Waals surface area contributed by atoms with Crippen molar-refractivity contribution in [2.75, 3.05) is 19.0 Å². The van der Waals surface area contributed by atoms with Gasteiger partial charge in [0.25, 0.3) is 0 Å². The van der Waals surface area contributed by atoms with Crippen LogP contribution in [0.2, 0.25) is 0 Å². The highest BCUT2D eigenvalue weighted by molar-refractivity contribution is 5.94. The van der Waals surface area contributed by atoms with Crippen LogP contribution in [0.25, 0.3) is 0 Å². The van der Waals surface area contributed by atoms with Crippen LogP contribution < -0.4 is 10.6 Å². The van der Waals surface area contributed by atoms with Crippen LogP contribution in [0.15, 0.2) is 18.2 Å². The number of rotatable bonds is 3. The molecule has 1 rings (SSSR count). The molecular formula is C12H18N2O. The van der Waals surface area contributed by atoms with E-state index in [1.165, 1.54) is 0 Å². The minimum Gasteiger partial charge on any atom is -0.378 e. The molecule has 3 nitrogen and oxygen atoms in total. The topological polar surface area (TPSA) is 46.3 Å². The van der Waals surface area contributed by atoms with Crippen LogP contribution in [0.3, 0.4) is 0 Å². The van der Waals surface area contributed by atoms with Crippen LogP contribution in [0, 0.1) is 0 Å². The van der Waals surface area contributed by atoms with Crippen molar-refractivity contribution >= 4 is 11.6 Å². The van der Waals surface area contributed by atoms with Crippen molar-refractivity contribution in [3.05, 3.63) is 29.3 Å². The molecular weight excluding hydrogens is 188 g/mol. The molecule has 0 radical (unpaired) electrons. The van der Waals surface area contributed by atoms with E-state index in [1.807, 2.05) is 31.1 Å². The summed E-state index contributed by atoms with van der Waals surface area (Å²) in [6, 6.07) is 5.76.